The van der Waals surface area contributed by atoms with Crippen molar-refractivity contribution in [1.29, 1.82) is 0 Å². The summed E-state index contributed by atoms with van der Waals surface area (Å²) in [5.74, 6) is 0. The molecule has 0 saturated carbocycles. The van der Waals surface area contributed by atoms with E-state index in [1.165, 1.54) is 25.7 Å². The minimum absolute atomic E-state index is 0.665. The van der Waals surface area contributed by atoms with Crippen molar-refractivity contribution in [2.75, 3.05) is 19.8 Å². The molecule has 0 saturated heterocycles. The monoisotopic (exact) mass is 215 g/mol. The molecule has 0 aromatic carbocycles. The molecule has 0 aliphatic carbocycles. The van der Waals surface area contributed by atoms with Crippen molar-refractivity contribution in [1.82, 2.24) is 5.32 Å². The van der Waals surface area contributed by atoms with E-state index in [1.807, 2.05) is 0 Å². The fraction of sp³-hybridized carbons (Fsp3) is 1.00. The summed E-state index contributed by atoms with van der Waals surface area (Å²) in [5, 5.41) is 3.54. The van der Waals surface area contributed by atoms with Crippen LogP contribution in [-0.4, -0.2) is 25.8 Å². The number of hydrogen-bond donors (Lipinski definition) is 1. The normalized spacial score (nSPS) is 13.0. The molecule has 0 rings (SSSR count). The van der Waals surface area contributed by atoms with E-state index >= 15 is 0 Å². The minimum Gasteiger partial charge on any atom is -0.381 e. The predicted molar refractivity (Wildman–Crippen MR) is 67.3 cm³/mol. The van der Waals surface area contributed by atoms with Gasteiger partial charge in [-0.1, -0.05) is 40.0 Å². The van der Waals surface area contributed by atoms with Gasteiger partial charge in [-0.05, 0) is 25.8 Å². The van der Waals surface area contributed by atoms with Gasteiger partial charge in [-0.15, -0.1) is 0 Å². The lowest BCUT2D eigenvalue weighted by molar-refractivity contribution is 0.123. The lowest BCUT2D eigenvalue weighted by Gasteiger charge is -2.17. The van der Waals surface area contributed by atoms with Crippen LogP contribution in [0.3, 0.4) is 0 Å². The van der Waals surface area contributed by atoms with Crippen molar-refractivity contribution < 1.29 is 4.74 Å². The van der Waals surface area contributed by atoms with Gasteiger partial charge in [-0.2, -0.15) is 0 Å². The van der Waals surface area contributed by atoms with Gasteiger partial charge in [0.2, 0.25) is 0 Å². The zero-order valence-electron chi connectivity index (χ0n) is 10.8. The first-order chi connectivity index (χ1) is 7.35. The van der Waals surface area contributed by atoms with E-state index in [9.17, 15) is 0 Å². The fourth-order valence-corrected chi connectivity index (χ4v) is 1.75. The largest absolute Gasteiger partial charge is 0.381 e. The molecule has 1 N–H and O–H groups in total. The van der Waals surface area contributed by atoms with Crippen molar-refractivity contribution in [2.45, 2.75) is 65.3 Å². The molecule has 0 heterocycles. The molecule has 0 aliphatic heterocycles. The second-order valence-corrected chi connectivity index (χ2v) is 4.15. The summed E-state index contributed by atoms with van der Waals surface area (Å²) >= 11 is 0. The summed E-state index contributed by atoms with van der Waals surface area (Å²) in [6.07, 6.45) is 7.61. The van der Waals surface area contributed by atoms with Gasteiger partial charge in [-0.3, -0.25) is 0 Å². The zero-order chi connectivity index (χ0) is 11.4. The molecular weight excluding hydrogens is 186 g/mol. The average molecular weight is 215 g/mol. The van der Waals surface area contributed by atoms with Crippen LogP contribution in [0.2, 0.25) is 0 Å². The van der Waals surface area contributed by atoms with Crippen LogP contribution in [0.4, 0.5) is 0 Å². The molecule has 92 valence electrons. The van der Waals surface area contributed by atoms with E-state index in [1.54, 1.807) is 0 Å². The Labute approximate surface area is 95.8 Å². The Morgan fingerprint density at radius 3 is 2.33 bits per heavy atom. The van der Waals surface area contributed by atoms with Crippen molar-refractivity contribution in [3.63, 3.8) is 0 Å². The highest BCUT2D eigenvalue weighted by atomic mass is 16.5. The second-order valence-electron chi connectivity index (χ2n) is 4.15. The SMILES string of the molecule is CCCCCC(CCOCCC)NCC. The van der Waals surface area contributed by atoms with E-state index in [4.69, 9.17) is 4.74 Å². The maximum atomic E-state index is 5.53. The molecule has 0 aromatic rings. The third-order valence-corrected chi connectivity index (χ3v) is 2.61. The number of hydrogen-bond acceptors (Lipinski definition) is 2. The standard InChI is InChI=1S/C13H29NO/c1-4-7-8-9-13(14-6-3)10-12-15-11-5-2/h13-14H,4-12H2,1-3H3. The van der Waals surface area contributed by atoms with Crippen LogP contribution < -0.4 is 5.32 Å². The molecule has 0 radical (unpaired) electrons. The lowest BCUT2D eigenvalue weighted by Crippen LogP contribution is -2.30. The van der Waals surface area contributed by atoms with Crippen LogP contribution >= 0.6 is 0 Å². The van der Waals surface area contributed by atoms with Gasteiger partial charge in [-0.25, -0.2) is 0 Å². The van der Waals surface area contributed by atoms with Crippen molar-refractivity contribution in [3.05, 3.63) is 0 Å². The maximum Gasteiger partial charge on any atom is 0.0480 e. The fourth-order valence-electron chi connectivity index (χ4n) is 1.75. The summed E-state index contributed by atoms with van der Waals surface area (Å²) in [6, 6.07) is 0.665. The number of unbranched alkanes of at least 4 members (excludes halogenated alkanes) is 2. The first-order valence-corrected chi connectivity index (χ1v) is 6.66. The Hall–Kier alpha value is -0.0800. The van der Waals surface area contributed by atoms with Crippen LogP contribution in [0.5, 0.6) is 0 Å². The first-order valence-electron chi connectivity index (χ1n) is 6.66. The van der Waals surface area contributed by atoms with Crippen LogP contribution in [-0.2, 0) is 4.74 Å². The third-order valence-electron chi connectivity index (χ3n) is 2.61. The molecule has 0 bridgehead atoms. The zero-order valence-corrected chi connectivity index (χ0v) is 10.8. The van der Waals surface area contributed by atoms with Gasteiger partial charge < -0.3 is 10.1 Å². The Morgan fingerprint density at radius 1 is 0.933 bits per heavy atom. The molecule has 2 heteroatoms. The van der Waals surface area contributed by atoms with E-state index in [-0.39, 0.29) is 0 Å². The molecule has 0 amide bonds. The van der Waals surface area contributed by atoms with Crippen molar-refractivity contribution in [2.24, 2.45) is 0 Å². The van der Waals surface area contributed by atoms with Gasteiger partial charge >= 0.3 is 0 Å². The lowest BCUT2D eigenvalue weighted by atomic mass is 10.1. The van der Waals surface area contributed by atoms with E-state index < -0.39 is 0 Å². The first kappa shape index (κ1) is 14.9. The summed E-state index contributed by atoms with van der Waals surface area (Å²) in [7, 11) is 0. The Balaban J connectivity index is 3.44. The smallest absolute Gasteiger partial charge is 0.0480 e. The van der Waals surface area contributed by atoms with Gasteiger partial charge in [0.15, 0.2) is 0 Å². The minimum atomic E-state index is 0.665. The third kappa shape index (κ3) is 10.2. The highest BCUT2D eigenvalue weighted by Gasteiger charge is 2.06. The van der Waals surface area contributed by atoms with Crippen LogP contribution in [0, 0.1) is 0 Å². The molecule has 15 heavy (non-hydrogen) atoms. The maximum absolute atomic E-state index is 5.53. The Kier molecular flexibility index (Phi) is 11.9. The molecule has 1 unspecified atom stereocenters. The summed E-state index contributed by atoms with van der Waals surface area (Å²) < 4.78 is 5.53. The number of ether oxygens (including phenoxy) is 1. The Bertz CT molecular complexity index is 117. The molecule has 1 atom stereocenters. The number of rotatable bonds is 11. The summed E-state index contributed by atoms with van der Waals surface area (Å²) in [4.78, 5) is 0. The van der Waals surface area contributed by atoms with E-state index in [0.717, 1.165) is 32.6 Å². The molecule has 0 aliphatic rings. The van der Waals surface area contributed by atoms with Crippen molar-refractivity contribution in [3.8, 4) is 0 Å². The molecule has 2 nitrogen and oxygen atoms in total. The highest BCUT2D eigenvalue weighted by Crippen LogP contribution is 2.06. The van der Waals surface area contributed by atoms with Gasteiger partial charge in [0.25, 0.3) is 0 Å². The molecule has 0 aromatic heterocycles. The highest BCUT2D eigenvalue weighted by molar-refractivity contribution is 4.65. The summed E-state index contributed by atoms with van der Waals surface area (Å²) in [5.41, 5.74) is 0. The predicted octanol–water partition coefficient (Wildman–Crippen LogP) is 3.36. The molecule has 0 spiro atoms. The second kappa shape index (κ2) is 12.0. The van der Waals surface area contributed by atoms with Crippen molar-refractivity contribution >= 4 is 0 Å². The average Bonchev–Trinajstić information content (AvgIpc) is 2.24. The summed E-state index contributed by atoms with van der Waals surface area (Å²) in [6.45, 7) is 9.49. The van der Waals surface area contributed by atoms with Crippen LogP contribution in [0.15, 0.2) is 0 Å². The molecular formula is C13H29NO. The Morgan fingerprint density at radius 2 is 1.73 bits per heavy atom. The van der Waals surface area contributed by atoms with Gasteiger partial charge in [0.1, 0.15) is 0 Å². The topological polar surface area (TPSA) is 21.3 Å². The van der Waals surface area contributed by atoms with Crippen LogP contribution in [0.25, 0.3) is 0 Å². The van der Waals surface area contributed by atoms with Crippen LogP contribution in [0.1, 0.15) is 59.3 Å². The van der Waals surface area contributed by atoms with E-state index in [0.29, 0.717) is 6.04 Å². The van der Waals surface area contributed by atoms with Gasteiger partial charge in [0.05, 0.1) is 0 Å². The quantitative estimate of drug-likeness (QED) is 0.534. The van der Waals surface area contributed by atoms with Gasteiger partial charge in [0, 0.05) is 19.3 Å². The molecule has 0 fully saturated rings. The van der Waals surface area contributed by atoms with E-state index in [2.05, 4.69) is 26.1 Å². The number of nitrogens with one attached hydrogen (secondary N) is 1.